The Bertz CT molecular complexity index is 1160. The summed E-state index contributed by atoms with van der Waals surface area (Å²) in [6.45, 7) is 2.45. The van der Waals surface area contributed by atoms with Crippen LogP contribution in [0.15, 0.2) is 47.5 Å². The maximum atomic E-state index is 13.6. The van der Waals surface area contributed by atoms with Crippen molar-refractivity contribution < 1.29 is 9.59 Å². The standard InChI is InChI=1S/C29H37N5O2.ClH/c1-3-34-25-16-9-8-15-24(25)27(33(2)23-13-6-4-5-7-14-23)31-26(28(34)35)32-29(36)30-22-18-17-20-11-10-12-21(20)19-22;/h8-9,15-19,23,26H,3-7,10-14H2,1-2H3,(H2,30,32,36);1H. The summed E-state index contributed by atoms with van der Waals surface area (Å²) in [6.07, 6.45) is 9.45. The van der Waals surface area contributed by atoms with Crippen LogP contribution in [0.25, 0.3) is 0 Å². The van der Waals surface area contributed by atoms with Crippen LogP contribution in [0.5, 0.6) is 0 Å². The zero-order chi connectivity index (χ0) is 25.1. The number of halogens is 1. The van der Waals surface area contributed by atoms with Gasteiger partial charge >= 0.3 is 6.03 Å². The second-order valence-electron chi connectivity index (χ2n) is 10.1. The first-order valence-corrected chi connectivity index (χ1v) is 13.5. The number of carbonyl (C=O) groups is 2. The summed E-state index contributed by atoms with van der Waals surface area (Å²) < 4.78 is 0. The van der Waals surface area contributed by atoms with E-state index in [1.165, 1.54) is 36.8 Å². The van der Waals surface area contributed by atoms with Crippen molar-refractivity contribution in [1.82, 2.24) is 10.2 Å². The van der Waals surface area contributed by atoms with E-state index in [0.29, 0.717) is 12.6 Å². The minimum absolute atomic E-state index is 0. The van der Waals surface area contributed by atoms with Gasteiger partial charge in [0.2, 0.25) is 6.17 Å². The van der Waals surface area contributed by atoms with E-state index < -0.39 is 12.2 Å². The van der Waals surface area contributed by atoms with Crippen molar-refractivity contribution in [2.75, 3.05) is 23.8 Å². The van der Waals surface area contributed by atoms with Crippen molar-refractivity contribution in [3.63, 3.8) is 0 Å². The quantitative estimate of drug-likeness (QED) is 0.518. The van der Waals surface area contributed by atoms with Gasteiger partial charge in [-0.25, -0.2) is 9.79 Å². The molecule has 0 bridgehead atoms. The molecule has 0 spiro atoms. The smallest absolute Gasteiger partial charge is 0.321 e. The molecule has 0 aromatic heterocycles. The molecule has 3 aliphatic rings. The van der Waals surface area contributed by atoms with Gasteiger partial charge in [-0.05, 0) is 74.4 Å². The zero-order valence-electron chi connectivity index (χ0n) is 21.8. The van der Waals surface area contributed by atoms with Crippen LogP contribution in [0, 0.1) is 0 Å². The number of likely N-dealkylation sites (N-methyl/N-ethyl adjacent to an activating group) is 1. The Balaban J connectivity index is 0.00000320. The highest BCUT2D eigenvalue weighted by Gasteiger charge is 2.34. The lowest BCUT2D eigenvalue weighted by molar-refractivity contribution is -0.120. The molecule has 0 saturated heterocycles. The predicted molar refractivity (Wildman–Crippen MR) is 152 cm³/mol. The average Bonchev–Trinajstić information content (AvgIpc) is 3.12. The van der Waals surface area contributed by atoms with Crippen LogP contribution in [0.1, 0.15) is 68.6 Å². The number of para-hydroxylation sites is 1. The molecule has 8 heteroatoms. The van der Waals surface area contributed by atoms with E-state index in [9.17, 15) is 9.59 Å². The van der Waals surface area contributed by atoms with E-state index in [1.54, 1.807) is 4.90 Å². The van der Waals surface area contributed by atoms with Gasteiger partial charge in [-0.1, -0.05) is 43.9 Å². The number of amidine groups is 1. The third-order valence-corrected chi connectivity index (χ3v) is 7.83. The largest absolute Gasteiger partial charge is 0.356 e. The molecule has 5 rings (SSSR count). The highest BCUT2D eigenvalue weighted by atomic mass is 35.5. The molecule has 2 aliphatic carbocycles. The van der Waals surface area contributed by atoms with Crippen LogP contribution in [0.2, 0.25) is 0 Å². The summed E-state index contributed by atoms with van der Waals surface area (Å²) in [5, 5.41) is 5.79. The van der Waals surface area contributed by atoms with Crippen molar-refractivity contribution in [1.29, 1.82) is 0 Å². The number of amides is 3. The van der Waals surface area contributed by atoms with Gasteiger partial charge < -0.3 is 20.4 Å². The van der Waals surface area contributed by atoms with Gasteiger partial charge in [-0.15, -0.1) is 12.4 Å². The van der Waals surface area contributed by atoms with E-state index in [1.807, 2.05) is 43.3 Å². The minimum Gasteiger partial charge on any atom is -0.356 e. The molecule has 3 amide bonds. The molecule has 1 atom stereocenters. The van der Waals surface area contributed by atoms with Crippen molar-refractivity contribution in [2.45, 2.75) is 76.9 Å². The van der Waals surface area contributed by atoms with Gasteiger partial charge in [0, 0.05) is 30.9 Å². The number of hydrogen-bond acceptors (Lipinski definition) is 4. The molecule has 7 nitrogen and oxygen atoms in total. The van der Waals surface area contributed by atoms with Crippen LogP contribution in [0.4, 0.5) is 16.2 Å². The van der Waals surface area contributed by atoms with Crippen LogP contribution in [0.3, 0.4) is 0 Å². The lowest BCUT2D eigenvalue weighted by Gasteiger charge is -2.31. The molecular formula is C29H38ClN5O2. The first-order chi connectivity index (χ1) is 17.5. The minimum atomic E-state index is -1.00. The third-order valence-electron chi connectivity index (χ3n) is 7.83. The normalized spacial score (nSPS) is 19.5. The van der Waals surface area contributed by atoms with Crippen LogP contribution in [-0.2, 0) is 17.6 Å². The third kappa shape index (κ3) is 5.77. The monoisotopic (exact) mass is 523 g/mol. The number of benzene rings is 2. The Morgan fingerprint density at radius 3 is 2.51 bits per heavy atom. The number of hydrogen-bond donors (Lipinski definition) is 2. The van der Waals surface area contributed by atoms with Crippen molar-refractivity contribution >= 4 is 41.6 Å². The summed E-state index contributed by atoms with van der Waals surface area (Å²) in [4.78, 5) is 35.6. The van der Waals surface area contributed by atoms with E-state index in [-0.39, 0.29) is 18.3 Å². The van der Waals surface area contributed by atoms with Crippen molar-refractivity contribution in [3.05, 3.63) is 59.2 Å². The Morgan fingerprint density at radius 2 is 1.76 bits per heavy atom. The number of aliphatic imine (C=N–C) groups is 1. The first-order valence-electron chi connectivity index (χ1n) is 13.5. The molecule has 198 valence electrons. The summed E-state index contributed by atoms with van der Waals surface area (Å²) in [5.74, 6) is 0.544. The fraction of sp³-hybridized carbons (Fsp3) is 0.483. The molecule has 2 N–H and O–H groups in total. The van der Waals surface area contributed by atoms with Gasteiger partial charge in [0.15, 0.2) is 0 Å². The number of nitrogens with one attached hydrogen (secondary N) is 2. The highest BCUT2D eigenvalue weighted by Crippen LogP contribution is 2.30. The number of anilines is 2. The summed E-state index contributed by atoms with van der Waals surface area (Å²) in [5.41, 5.74) is 5.16. The summed E-state index contributed by atoms with van der Waals surface area (Å²) in [6, 6.07) is 13.9. The van der Waals surface area contributed by atoms with Crippen LogP contribution < -0.4 is 15.5 Å². The van der Waals surface area contributed by atoms with Crippen molar-refractivity contribution in [2.24, 2.45) is 4.99 Å². The SMILES string of the molecule is CCN1C(=O)C(NC(=O)Nc2ccc3c(c2)CCC3)N=C(N(C)C2CCCCCC2)c2ccccc21.Cl. The first kappa shape index (κ1) is 27.0. The van der Waals surface area contributed by atoms with Gasteiger partial charge in [0.25, 0.3) is 5.91 Å². The van der Waals surface area contributed by atoms with Crippen molar-refractivity contribution in [3.8, 4) is 0 Å². The van der Waals surface area contributed by atoms with Gasteiger partial charge in [0.1, 0.15) is 5.84 Å². The molecule has 1 aliphatic heterocycles. The maximum Gasteiger partial charge on any atom is 0.321 e. The topological polar surface area (TPSA) is 77.0 Å². The molecule has 0 radical (unpaired) electrons. The number of benzodiazepines with no additional fused rings is 1. The maximum absolute atomic E-state index is 13.6. The fourth-order valence-electron chi connectivity index (χ4n) is 5.87. The highest BCUT2D eigenvalue weighted by molar-refractivity contribution is 6.12. The average molecular weight is 524 g/mol. The number of rotatable bonds is 4. The van der Waals surface area contributed by atoms with Gasteiger partial charge in [-0.3, -0.25) is 4.79 Å². The Hall–Kier alpha value is -3.06. The predicted octanol–water partition coefficient (Wildman–Crippen LogP) is 5.51. The molecule has 37 heavy (non-hydrogen) atoms. The molecule has 1 saturated carbocycles. The second-order valence-corrected chi connectivity index (χ2v) is 10.1. The Morgan fingerprint density at radius 1 is 1.03 bits per heavy atom. The molecule has 1 heterocycles. The number of fused-ring (bicyclic) bond motifs is 2. The number of carbonyl (C=O) groups excluding carboxylic acids is 2. The number of nitrogens with zero attached hydrogens (tertiary/aromatic N) is 3. The van der Waals surface area contributed by atoms with E-state index in [4.69, 9.17) is 4.99 Å². The van der Waals surface area contributed by atoms with E-state index in [0.717, 1.165) is 54.9 Å². The summed E-state index contributed by atoms with van der Waals surface area (Å²) >= 11 is 0. The molecule has 1 unspecified atom stereocenters. The molecular weight excluding hydrogens is 486 g/mol. The Kier molecular flexibility index (Phi) is 8.75. The second kappa shape index (κ2) is 12.0. The lowest BCUT2D eigenvalue weighted by atomic mass is 10.0. The zero-order valence-corrected chi connectivity index (χ0v) is 22.7. The van der Waals surface area contributed by atoms with Crippen LogP contribution in [-0.4, -0.2) is 48.5 Å². The van der Waals surface area contributed by atoms with E-state index in [2.05, 4.69) is 28.6 Å². The molecule has 2 aromatic carbocycles. The van der Waals surface area contributed by atoms with Gasteiger partial charge in [-0.2, -0.15) is 0 Å². The fourth-order valence-corrected chi connectivity index (χ4v) is 5.87. The number of urea groups is 1. The Labute approximate surface area is 226 Å². The van der Waals surface area contributed by atoms with Gasteiger partial charge in [0.05, 0.1) is 5.69 Å². The molecule has 1 fully saturated rings. The summed E-state index contributed by atoms with van der Waals surface area (Å²) in [7, 11) is 2.08. The lowest BCUT2D eigenvalue weighted by Crippen LogP contribution is -2.49. The molecule has 2 aromatic rings. The van der Waals surface area contributed by atoms with Crippen LogP contribution >= 0.6 is 12.4 Å². The number of aryl methyl sites for hydroxylation is 2. The van der Waals surface area contributed by atoms with E-state index >= 15 is 0 Å².